The first-order valence-electron chi connectivity index (χ1n) is 22.7. The Morgan fingerprint density at radius 2 is 0.984 bits per heavy atom. The van der Waals surface area contributed by atoms with Gasteiger partial charge in [0.2, 0.25) is 11.8 Å². The van der Waals surface area contributed by atoms with Crippen LogP contribution >= 0.6 is 0 Å². The van der Waals surface area contributed by atoms with E-state index in [1.54, 1.807) is 67.8 Å². The maximum absolute atomic E-state index is 14.0. The number of benzene rings is 4. The zero-order chi connectivity index (χ0) is 45.4. The van der Waals surface area contributed by atoms with Crippen LogP contribution in [0.1, 0.15) is 86.5 Å². The summed E-state index contributed by atoms with van der Waals surface area (Å²) in [5, 5.41) is 29.0. The molecule has 2 aliphatic carbocycles. The Kier molecular flexibility index (Phi) is 15.1. The summed E-state index contributed by atoms with van der Waals surface area (Å²) >= 11 is 0. The van der Waals surface area contributed by atoms with E-state index in [1.807, 2.05) is 36.4 Å². The molecule has 64 heavy (non-hydrogen) atoms. The van der Waals surface area contributed by atoms with Gasteiger partial charge in [-0.1, -0.05) is 103 Å². The SMILES string of the molecule is COc1cccc(CN2CCC(NC(=O)[C@](O)(c3ccccc3)[C@@H]3CCC(F)(F)C3)CC2)c1.O=C(NC1CCN(Cc2ccccc2)CC1)[C@](O)(c1ccccc1)[C@@H]1CCC(F)(F)C1. The van der Waals surface area contributed by atoms with Crippen LogP contribution in [0.4, 0.5) is 17.6 Å². The highest BCUT2D eigenvalue weighted by atomic mass is 19.3. The molecular formula is C51H62F4N4O5. The highest BCUT2D eigenvalue weighted by molar-refractivity contribution is 5.87. The maximum atomic E-state index is 14.0. The minimum absolute atomic E-state index is 0.0725. The number of amides is 2. The van der Waals surface area contributed by atoms with Gasteiger partial charge < -0.3 is 25.6 Å². The lowest BCUT2D eigenvalue weighted by Crippen LogP contribution is -2.54. The molecule has 0 aromatic heterocycles. The number of piperidine rings is 2. The molecule has 0 bridgehead atoms. The molecule has 2 aliphatic heterocycles. The molecule has 2 amide bonds. The predicted octanol–water partition coefficient (Wildman–Crippen LogP) is 8.19. The highest BCUT2D eigenvalue weighted by Gasteiger charge is 2.55. The molecule has 4 fully saturated rings. The van der Waals surface area contributed by atoms with Gasteiger partial charge in [0.05, 0.1) is 7.11 Å². The number of rotatable bonds is 13. The lowest BCUT2D eigenvalue weighted by atomic mass is 9.79. The van der Waals surface area contributed by atoms with Crippen LogP contribution in [-0.2, 0) is 33.9 Å². The first-order valence-corrected chi connectivity index (χ1v) is 22.7. The Morgan fingerprint density at radius 1 is 0.594 bits per heavy atom. The van der Waals surface area contributed by atoms with Gasteiger partial charge in [0.25, 0.3) is 11.8 Å². The molecule has 2 saturated heterocycles. The number of halogens is 4. The van der Waals surface area contributed by atoms with Crippen molar-refractivity contribution in [3.05, 3.63) is 138 Å². The fourth-order valence-electron chi connectivity index (χ4n) is 10.0. The number of carbonyl (C=O) groups excluding carboxylic acids is 2. The summed E-state index contributed by atoms with van der Waals surface area (Å²) in [6, 6.07) is 35.1. The smallest absolute Gasteiger partial charge is 0.257 e. The van der Waals surface area contributed by atoms with Crippen molar-refractivity contribution in [3.63, 3.8) is 0 Å². The molecule has 9 nitrogen and oxygen atoms in total. The maximum Gasteiger partial charge on any atom is 0.257 e. The van der Waals surface area contributed by atoms with Crippen molar-refractivity contribution >= 4 is 11.8 Å². The third kappa shape index (κ3) is 11.5. The second-order valence-corrected chi connectivity index (χ2v) is 18.2. The summed E-state index contributed by atoms with van der Waals surface area (Å²) in [4.78, 5) is 31.3. The molecule has 0 spiro atoms. The second kappa shape index (κ2) is 20.6. The van der Waals surface area contributed by atoms with E-state index in [0.29, 0.717) is 11.1 Å². The molecule has 4 aliphatic rings. The predicted molar refractivity (Wildman–Crippen MR) is 238 cm³/mol. The van der Waals surface area contributed by atoms with Crippen LogP contribution in [0.2, 0.25) is 0 Å². The molecule has 0 unspecified atom stereocenters. The number of aliphatic hydroxyl groups is 2. The largest absolute Gasteiger partial charge is 0.497 e. The molecular weight excluding hydrogens is 825 g/mol. The lowest BCUT2D eigenvalue weighted by molar-refractivity contribution is -0.150. The van der Waals surface area contributed by atoms with Gasteiger partial charge >= 0.3 is 0 Å². The van der Waals surface area contributed by atoms with Gasteiger partial charge in [0.15, 0.2) is 11.2 Å². The first-order chi connectivity index (χ1) is 30.7. The van der Waals surface area contributed by atoms with Crippen LogP contribution in [0.15, 0.2) is 115 Å². The van der Waals surface area contributed by atoms with Crippen molar-refractivity contribution in [2.24, 2.45) is 11.8 Å². The van der Waals surface area contributed by atoms with E-state index >= 15 is 0 Å². The first kappa shape index (κ1) is 47.2. The monoisotopic (exact) mass is 886 g/mol. The van der Waals surface area contributed by atoms with Gasteiger partial charge in [-0.3, -0.25) is 19.4 Å². The Labute approximate surface area is 374 Å². The standard InChI is InChI=1S/C26H32F2N2O3.C25H30F2N2O2/c1-33-23-9-5-6-19(16-23)18-30-14-11-22(12-15-30)29-24(31)26(32,20-7-3-2-4-8-20)21-10-13-25(27,28)17-21;26-24(27)14-11-21(17-24)25(31,20-9-5-2-6-10-20)23(30)28-22-12-15-29(16-13-22)18-19-7-3-1-4-8-19/h2-9,16,21-22,32H,10-15,17-18H2,1H3,(H,29,31);1-10,21-22,31H,11-18H2,(H,28,30)/t21-,26+;21-,25+/m11/s1. The highest BCUT2D eigenvalue weighted by Crippen LogP contribution is 2.49. The summed E-state index contributed by atoms with van der Waals surface area (Å²) in [5.41, 5.74) is -0.721. The van der Waals surface area contributed by atoms with Gasteiger partial charge in [-0.25, -0.2) is 17.6 Å². The third-order valence-corrected chi connectivity index (χ3v) is 13.7. The van der Waals surface area contributed by atoms with Crippen LogP contribution < -0.4 is 15.4 Å². The van der Waals surface area contributed by atoms with Crippen LogP contribution in [0, 0.1) is 11.8 Å². The zero-order valence-corrected chi connectivity index (χ0v) is 36.6. The number of hydrogen-bond donors (Lipinski definition) is 4. The summed E-state index contributed by atoms with van der Waals surface area (Å²) in [6.45, 7) is 4.94. The van der Waals surface area contributed by atoms with Crippen molar-refractivity contribution in [3.8, 4) is 5.75 Å². The molecule has 4 atom stereocenters. The molecule has 344 valence electrons. The van der Waals surface area contributed by atoms with E-state index < -0.39 is 59.5 Å². The minimum atomic E-state index is -2.85. The van der Waals surface area contributed by atoms with Gasteiger partial charge in [0.1, 0.15) is 5.75 Å². The number of ether oxygens (including phenoxy) is 1. The number of likely N-dealkylation sites (tertiary alicyclic amines) is 2. The topological polar surface area (TPSA) is 114 Å². The number of nitrogens with one attached hydrogen (secondary N) is 2. The Balaban J connectivity index is 0.000000192. The van der Waals surface area contributed by atoms with Crippen molar-refractivity contribution in [1.29, 1.82) is 0 Å². The van der Waals surface area contributed by atoms with Crippen LogP contribution in [0.3, 0.4) is 0 Å². The van der Waals surface area contributed by atoms with E-state index in [9.17, 15) is 37.4 Å². The molecule has 13 heteroatoms. The van der Waals surface area contributed by atoms with Crippen molar-refractivity contribution in [2.45, 2.75) is 112 Å². The summed E-state index contributed by atoms with van der Waals surface area (Å²) < 4.78 is 61.1. The lowest BCUT2D eigenvalue weighted by Gasteiger charge is -2.37. The average Bonchev–Trinajstić information content (AvgIpc) is 3.88. The molecule has 4 N–H and O–H groups in total. The fourth-order valence-corrected chi connectivity index (χ4v) is 10.0. The number of nitrogens with zero attached hydrogens (tertiary/aromatic N) is 2. The Hall–Kier alpha value is -4.82. The Bertz CT molecular complexity index is 2120. The van der Waals surface area contributed by atoms with Gasteiger partial charge in [-0.2, -0.15) is 0 Å². The summed E-state index contributed by atoms with van der Waals surface area (Å²) in [5.74, 6) is -7.60. The van der Waals surface area contributed by atoms with Crippen LogP contribution in [0.25, 0.3) is 0 Å². The van der Waals surface area contributed by atoms with Crippen LogP contribution in [-0.4, -0.2) is 89.0 Å². The van der Waals surface area contributed by atoms with Crippen molar-refractivity contribution < 1.29 is 42.1 Å². The minimum Gasteiger partial charge on any atom is -0.497 e. The van der Waals surface area contributed by atoms with Gasteiger partial charge in [0, 0.05) is 88.9 Å². The number of methoxy groups -OCH3 is 1. The molecule has 8 rings (SSSR count). The summed E-state index contributed by atoms with van der Waals surface area (Å²) in [6.07, 6.45) is 1.70. The van der Waals surface area contributed by atoms with E-state index in [0.717, 1.165) is 76.3 Å². The third-order valence-electron chi connectivity index (χ3n) is 13.7. The van der Waals surface area contributed by atoms with Gasteiger partial charge in [-0.05, 0) is 72.9 Å². The Morgan fingerprint density at radius 3 is 1.38 bits per heavy atom. The zero-order valence-electron chi connectivity index (χ0n) is 36.6. The molecule has 4 aromatic carbocycles. The quantitative estimate of drug-likeness (QED) is 0.100. The van der Waals surface area contributed by atoms with Crippen molar-refractivity contribution in [2.75, 3.05) is 33.3 Å². The summed E-state index contributed by atoms with van der Waals surface area (Å²) in [7, 11) is 1.65. The number of alkyl halides is 4. The number of carbonyl (C=O) groups is 2. The van der Waals surface area contributed by atoms with E-state index in [1.165, 1.54) is 5.56 Å². The van der Waals surface area contributed by atoms with Crippen molar-refractivity contribution in [1.82, 2.24) is 20.4 Å². The van der Waals surface area contributed by atoms with Gasteiger partial charge in [-0.15, -0.1) is 0 Å². The molecule has 0 radical (unpaired) electrons. The van der Waals surface area contributed by atoms with E-state index in [-0.39, 0.29) is 37.8 Å². The van der Waals surface area contributed by atoms with E-state index in [4.69, 9.17) is 4.74 Å². The molecule has 2 heterocycles. The molecule has 4 aromatic rings. The second-order valence-electron chi connectivity index (χ2n) is 18.2. The average molecular weight is 887 g/mol. The van der Waals surface area contributed by atoms with E-state index in [2.05, 4.69) is 38.6 Å². The number of hydrogen-bond acceptors (Lipinski definition) is 7. The normalized spacial score (nSPS) is 23.5. The molecule has 2 saturated carbocycles. The fraction of sp³-hybridized carbons (Fsp3) is 0.490. The van der Waals surface area contributed by atoms with Crippen LogP contribution in [0.5, 0.6) is 5.75 Å².